The Morgan fingerprint density at radius 2 is 0.640 bits per heavy atom. The van der Waals surface area contributed by atoms with Gasteiger partial charge in [-0.05, 0) is 77.8 Å². The van der Waals surface area contributed by atoms with E-state index in [4.69, 9.17) is 19.4 Å². The average Bonchev–Trinajstić information content (AvgIpc) is 2.49. The van der Waals surface area contributed by atoms with Crippen LogP contribution < -0.4 is 0 Å². The Kier molecular flexibility index (Phi) is 16.7. The van der Waals surface area contributed by atoms with E-state index in [9.17, 15) is 0 Å². The Labute approximate surface area is 175 Å². The molecule has 0 heterocycles. The van der Waals surface area contributed by atoms with Crippen LogP contribution in [-0.4, -0.2) is 56.3 Å². The second-order valence-electron chi connectivity index (χ2n) is 6.61. The molecule has 1 rings (SSSR count). The van der Waals surface area contributed by atoms with Crippen molar-refractivity contribution in [2.24, 2.45) is 0 Å². The van der Waals surface area contributed by atoms with Crippen molar-refractivity contribution in [1.82, 2.24) is 14.0 Å². The molecule has 150 valence electrons. The van der Waals surface area contributed by atoms with Crippen molar-refractivity contribution in [3.8, 4) is 0 Å². The monoisotopic (exact) mass is 497 g/mol. The van der Waals surface area contributed by atoms with Crippen LogP contribution in [0.5, 0.6) is 0 Å². The fraction of sp³-hybridized carbons (Fsp3) is 0.667. The van der Waals surface area contributed by atoms with Gasteiger partial charge in [-0.3, -0.25) is 14.0 Å². The third kappa shape index (κ3) is 10.0. The zero-order valence-corrected chi connectivity index (χ0v) is 22.0. The molecular formula is C18H36Cl2N3PRu. The first-order valence-corrected chi connectivity index (χ1v) is 13.7. The van der Waals surface area contributed by atoms with Crippen molar-refractivity contribution < 1.29 is 15.1 Å². The number of hydrogen-bond donors (Lipinski definition) is 0. The van der Waals surface area contributed by atoms with E-state index in [0.717, 1.165) is 0 Å². The molecule has 0 saturated heterocycles. The Hall–Kier alpha value is 1.51. The SMILES string of the molecule is CN(C)P(N(C)C)N(C)C.C[C]1[C](C)[C](C)[C](C)[C](C)[C]1C.[Cl][Ru][Cl]. The van der Waals surface area contributed by atoms with Gasteiger partial charge in [-0.2, -0.15) is 0 Å². The van der Waals surface area contributed by atoms with Gasteiger partial charge in [0.1, 0.15) is 8.37 Å². The van der Waals surface area contributed by atoms with E-state index in [1.165, 1.54) is 35.5 Å². The minimum absolute atomic E-state index is 0.238. The summed E-state index contributed by atoms with van der Waals surface area (Å²) < 4.78 is 6.69. The van der Waals surface area contributed by atoms with Crippen LogP contribution in [0, 0.1) is 35.5 Å². The summed E-state index contributed by atoms with van der Waals surface area (Å²) in [6.07, 6.45) is 0. The normalized spacial score (nSPS) is 19.6. The van der Waals surface area contributed by atoms with Crippen molar-refractivity contribution in [1.29, 1.82) is 0 Å². The quantitative estimate of drug-likeness (QED) is 0.358. The predicted octanol–water partition coefficient (Wildman–Crippen LogP) is 5.84. The molecule has 0 amide bonds. The first kappa shape index (κ1) is 28.7. The molecule has 6 radical (unpaired) electrons. The summed E-state index contributed by atoms with van der Waals surface area (Å²) in [7, 11) is 22.1. The Balaban J connectivity index is 0. The second kappa shape index (κ2) is 14.5. The van der Waals surface area contributed by atoms with Gasteiger partial charge in [-0.1, -0.05) is 41.5 Å². The number of rotatable bonds is 3. The molecule has 25 heavy (non-hydrogen) atoms. The van der Waals surface area contributed by atoms with Crippen LogP contribution in [-0.2, 0) is 15.1 Å². The van der Waals surface area contributed by atoms with E-state index in [-0.39, 0.29) is 23.5 Å². The number of hydrogen-bond acceptors (Lipinski definition) is 3. The molecule has 0 N–H and O–H groups in total. The molecule has 1 aliphatic carbocycles. The zero-order valence-electron chi connectivity index (χ0n) is 17.9. The Morgan fingerprint density at radius 1 is 0.520 bits per heavy atom. The molecule has 0 aromatic heterocycles. The third-order valence-electron chi connectivity index (χ3n) is 4.45. The fourth-order valence-electron chi connectivity index (χ4n) is 2.76. The molecule has 0 aromatic rings. The standard InChI is InChI=1S/C12H18.C6H18N3P.2ClH.Ru/c1-7-8(2)10(4)12(6)11(5)9(7)3;1-7(2)10(8(3)4)9(5)6;;;/h1-6H3;1-6H3;2*1H;/q;;;;+2/p-2. The molecule has 1 aliphatic rings. The molecular weight excluding hydrogens is 461 g/mol. The topological polar surface area (TPSA) is 9.72 Å². The van der Waals surface area contributed by atoms with Gasteiger partial charge in [0.2, 0.25) is 0 Å². The van der Waals surface area contributed by atoms with Crippen molar-refractivity contribution >= 4 is 27.8 Å². The molecule has 7 heteroatoms. The van der Waals surface area contributed by atoms with Crippen molar-refractivity contribution in [2.75, 3.05) is 42.3 Å². The summed E-state index contributed by atoms with van der Waals surface area (Å²) in [5.41, 5.74) is 0. The van der Waals surface area contributed by atoms with Crippen LogP contribution in [0.1, 0.15) is 41.5 Å². The van der Waals surface area contributed by atoms with Crippen LogP contribution in [0.3, 0.4) is 0 Å². The number of halogens is 2. The summed E-state index contributed by atoms with van der Waals surface area (Å²) in [5, 5.41) is 0. The van der Waals surface area contributed by atoms with E-state index < -0.39 is 0 Å². The van der Waals surface area contributed by atoms with Gasteiger partial charge in [-0.15, -0.1) is 0 Å². The van der Waals surface area contributed by atoms with Gasteiger partial charge in [0, 0.05) is 0 Å². The van der Waals surface area contributed by atoms with Crippen LogP contribution in [0.2, 0.25) is 0 Å². The second-order valence-corrected chi connectivity index (χ2v) is 12.2. The molecule has 0 spiro atoms. The molecule has 0 unspecified atom stereocenters. The van der Waals surface area contributed by atoms with Crippen molar-refractivity contribution in [3.63, 3.8) is 0 Å². The van der Waals surface area contributed by atoms with Gasteiger partial charge in [0.15, 0.2) is 0 Å². The van der Waals surface area contributed by atoms with Gasteiger partial charge >= 0.3 is 34.5 Å². The Morgan fingerprint density at radius 3 is 0.680 bits per heavy atom. The molecule has 0 bridgehead atoms. The fourth-order valence-corrected chi connectivity index (χ4v) is 4.91. The molecule has 1 saturated carbocycles. The van der Waals surface area contributed by atoms with Gasteiger partial charge in [0.25, 0.3) is 0 Å². The minimum atomic E-state index is -0.346. The Bertz CT molecular complexity index is 258. The van der Waals surface area contributed by atoms with Crippen LogP contribution in [0.15, 0.2) is 0 Å². The summed E-state index contributed by atoms with van der Waals surface area (Å²) in [6, 6.07) is 0. The van der Waals surface area contributed by atoms with E-state index >= 15 is 0 Å². The average molecular weight is 497 g/mol. The zero-order chi connectivity index (χ0) is 20.5. The van der Waals surface area contributed by atoms with E-state index in [2.05, 4.69) is 97.8 Å². The summed E-state index contributed by atoms with van der Waals surface area (Å²) in [5.74, 6) is 8.73. The van der Waals surface area contributed by atoms with Crippen LogP contribution in [0.25, 0.3) is 0 Å². The molecule has 3 nitrogen and oxygen atoms in total. The van der Waals surface area contributed by atoms with Crippen molar-refractivity contribution in [2.45, 2.75) is 41.5 Å². The van der Waals surface area contributed by atoms with Gasteiger partial charge < -0.3 is 0 Å². The summed E-state index contributed by atoms with van der Waals surface area (Å²) in [4.78, 5) is 0. The van der Waals surface area contributed by atoms with E-state index in [0.29, 0.717) is 0 Å². The van der Waals surface area contributed by atoms with Gasteiger partial charge in [0.05, 0.1) is 0 Å². The number of nitrogens with zero attached hydrogens (tertiary/aromatic N) is 3. The molecule has 0 aromatic carbocycles. The van der Waals surface area contributed by atoms with E-state index in [1.54, 1.807) is 0 Å². The summed E-state index contributed by atoms with van der Waals surface area (Å²) in [6.45, 7) is 13.3. The van der Waals surface area contributed by atoms with Crippen LogP contribution in [0.4, 0.5) is 0 Å². The molecule has 0 atom stereocenters. The first-order chi connectivity index (χ1) is 11.3. The van der Waals surface area contributed by atoms with Gasteiger partial charge in [-0.25, -0.2) is 0 Å². The maximum atomic E-state index is 4.85. The molecule has 1 fully saturated rings. The predicted molar refractivity (Wildman–Crippen MR) is 113 cm³/mol. The first-order valence-electron chi connectivity index (χ1n) is 8.05. The summed E-state index contributed by atoms with van der Waals surface area (Å²) >= 11 is -0.346. The van der Waals surface area contributed by atoms with Crippen molar-refractivity contribution in [3.05, 3.63) is 35.5 Å². The molecule has 0 aliphatic heterocycles. The maximum absolute atomic E-state index is 4.85. The van der Waals surface area contributed by atoms with E-state index in [1.807, 2.05) is 0 Å². The third-order valence-corrected chi connectivity index (χ3v) is 6.59. The van der Waals surface area contributed by atoms with Crippen LogP contribution >= 0.6 is 27.8 Å².